The molecule has 0 spiro atoms. The summed E-state index contributed by atoms with van der Waals surface area (Å²) < 4.78 is 39.2. The Bertz CT molecular complexity index is 1140. The van der Waals surface area contributed by atoms with E-state index in [-0.39, 0.29) is 23.5 Å². The average Bonchev–Trinajstić information content (AvgIpc) is 3.34. The van der Waals surface area contributed by atoms with Crippen molar-refractivity contribution >= 4 is 34.4 Å². The molecule has 0 unspecified atom stereocenters. The fraction of sp³-hybridized carbons (Fsp3) is 0.130. The molecule has 1 aliphatic heterocycles. The zero-order valence-corrected chi connectivity index (χ0v) is 17.0. The molecule has 158 valence electrons. The Kier molecular flexibility index (Phi) is 5.65. The van der Waals surface area contributed by atoms with Crippen molar-refractivity contribution in [2.45, 2.75) is 12.6 Å². The van der Waals surface area contributed by atoms with Crippen molar-refractivity contribution < 1.29 is 22.8 Å². The first-order chi connectivity index (χ1) is 14.8. The van der Waals surface area contributed by atoms with E-state index in [2.05, 4.69) is 5.32 Å². The summed E-state index contributed by atoms with van der Waals surface area (Å²) in [4.78, 5) is 27.9. The molecular weight excluding hydrogens is 425 g/mol. The molecule has 0 radical (unpaired) electrons. The normalized spacial score (nSPS) is 14.5. The third-order valence-electron chi connectivity index (χ3n) is 4.86. The van der Waals surface area contributed by atoms with Gasteiger partial charge < -0.3 is 5.32 Å². The van der Waals surface area contributed by atoms with E-state index in [1.165, 1.54) is 23.5 Å². The van der Waals surface area contributed by atoms with Crippen LogP contribution in [0.2, 0.25) is 0 Å². The van der Waals surface area contributed by atoms with Crippen LogP contribution in [0.15, 0.2) is 77.8 Å². The van der Waals surface area contributed by atoms with Crippen molar-refractivity contribution in [1.29, 1.82) is 0 Å². The summed E-state index contributed by atoms with van der Waals surface area (Å²) in [6.07, 6.45) is -4.03. The van der Waals surface area contributed by atoms with Crippen molar-refractivity contribution in [3.8, 4) is 0 Å². The fourth-order valence-corrected chi connectivity index (χ4v) is 4.12. The summed E-state index contributed by atoms with van der Waals surface area (Å²) in [5, 5.41) is 4.55. The quantitative estimate of drug-likeness (QED) is 0.534. The number of nitrogens with one attached hydrogen (secondary N) is 1. The summed E-state index contributed by atoms with van der Waals surface area (Å²) in [6, 6.07) is 17.4. The Labute approximate surface area is 180 Å². The number of benzene rings is 2. The molecule has 1 aliphatic rings. The highest BCUT2D eigenvalue weighted by Gasteiger charge is 2.39. The lowest BCUT2D eigenvalue weighted by Crippen LogP contribution is -2.34. The summed E-state index contributed by atoms with van der Waals surface area (Å²) in [5.41, 5.74) is 0.379. The lowest BCUT2D eigenvalue weighted by Gasteiger charge is -2.15. The third kappa shape index (κ3) is 4.39. The van der Waals surface area contributed by atoms with Gasteiger partial charge in [-0.05, 0) is 41.6 Å². The van der Waals surface area contributed by atoms with Crippen molar-refractivity contribution in [1.82, 2.24) is 4.90 Å². The summed E-state index contributed by atoms with van der Waals surface area (Å²) in [6.45, 7) is 0.171. The third-order valence-corrected chi connectivity index (χ3v) is 5.75. The molecular formula is C23H17F3N2O2S. The van der Waals surface area contributed by atoms with E-state index in [0.29, 0.717) is 11.3 Å². The predicted octanol–water partition coefficient (Wildman–Crippen LogP) is 5.20. The minimum Gasteiger partial charge on any atom is -0.350 e. The second kappa shape index (κ2) is 8.39. The minimum atomic E-state index is -4.51. The maximum atomic E-state index is 13.1. The van der Waals surface area contributed by atoms with Crippen LogP contribution >= 0.6 is 11.3 Å². The number of nitrogens with zero attached hydrogens (tertiary/aromatic N) is 1. The molecule has 3 aromatic rings. The number of alkyl halides is 3. The Balaban J connectivity index is 1.64. The maximum Gasteiger partial charge on any atom is 0.416 e. The van der Waals surface area contributed by atoms with E-state index in [0.717, 1.165) is 22.6 Å². The van der Waals surface area contributed by atoms with Crippen molar-refractivity contribution in [2.24, 2.45) is 0 Å². The van der Waals surface area contributed by atoms with E-state index >= 15 is 0 Å². The molecule has 2 heterocycles. The van der Waals surface area contributed by atoms with Gasteiger partial charge in [0, 0.05) is 17.1 Å². The number of rotatable bonds is 6. The molecule has 0 fully saturated rings. The largest absolute Gasteiger partial charge is 0.416 e. The lowest BCUT2D eigenvalue weighted by molar-refractivity contribution is -0.138. The van der Waals surface area contributed by atoms with Gasteiger partial charge in [0.25, 0.3) is 11.8 Å². The summed E-state index contributed by atoms with van der Waals surface area (Å²) in [5.74, 6) is -1.01. The average molecular weight is 442 g/mol. The molecule has 31 heavy (non-hydrogen) atoms. The number of hydrogen-bond acceptors (Lipinski definition) is 4. The summed E-state index contributed by atoms with van der Waals surface area (Å²) >= 11 is 1.29. The van der Waals surface area contributed by atoms with Gasteiger partial charge in [0.2, 0.25) is 0 Å². The van der Waals surface area contributed by atoms with Crippen LogP contribution in [0.4, 0.5) is 18.9 Å². The zero-order chi connectivity index (χ0) is 22.0. The molecule has 1 N–H and O–H groups in total. The van der Waals surface area contributed by atoms with Gasteiger partial charge in [-0.2, -0.15) is 13.2 Å². The summed E-state index contributed by atoms with van der Waals surface area (Å²) in [7, 11) is 0. The van der Waals surface area contributed by atoms with Crippen LogP contribution in [0.5, 0.6) is 0 Å². The molecule has 2 aromatic carbocycles. The highest BCUT2D eigenvalue weighted by molar-refractivity contribution is 7.11. The van der Waals surface area contributed by atoms with Crippen molar-refractivity contribution in [3.05, 3.63) is 93.8 Å². The van der Waals surface area contributed by atoms with Crippen molar-refractivity contribution in [2.75, 3.05) is 11.9 Å². The van der Waals surface area contributed by atoms with Gasteiger partial charge >= 0.3 is 6.18 Å². The highest BCUT2D eigenvalue weighted by Crippen LogP contribution is 2.35. The van der Waals surface area contributed by atoms with Crippen LogP contribution in [0.1, 0.15) is 16.0 Å². The van der Waals surface area contributed by atoms with Crippen LogP contribution in [0, 0.1) is 0 Å². The maximum absolute atomic E-state index is 13.1. The first-order valence-corrected chi connectivity index (χ1v) is 10.3. The molecule has 0 atom stereocenters. The van der Waals surface area contributed by atoms with Gasteiger partial charge in [-0.25, -0.2) is 0 Å². The second-order valence-corrected chi connectivity index (χ2v) is 7.88. The van der Waals surface area contributed by atoms with Crippen LogP contribution in [-0.2, 0) is 22.2 Å². The number of thiophene rings is 1. The molecule has 2 amide bonds. The first-order valence-electron chi connectivity index (χ1n) is 9.47. The highest BCUT2D eigenvalue weighted by atomic mass is 32.1. The molecule has 0 bridgehead atoms. The van der Waals surface area contributed by atoms with Crippen LogP contribution in [0.3, 0.4) is 0 Å². The number of anilines is 1. The van der Waals surface area contributed by atoms with E-state index in [9.17, 15) is 22.8 Å². The Hall–Kier alpha value is -3.39. The molecule has 0 saturated carbocycles. The van der Waals surface area contributed by atoms with Gasteiger partial charge in [0.15, 0.2) is 0 Å². The van der Waals surface area contributed by atoms with Crippen LogP contribution < -0.4 is 5.32 Å². The Morgan fingerprint density at radius 3 is 2.35 bits per heavy atom. The number of carbonyl (C=O) groups excluding carboxylic acids is 2. The molecule has 4 nitrogen and oxygen atoms in total. The Morgan fingerprint density at radius 1 is 0.903 bits per heavy atom. The number of amides is 2. The van der Waals surface area contributed by atoms with Crippen LogP contribution in [-0.4, -0.2) is 23.3 Å². The number of hydrogen-bond donors (Lipinski definition) is 1. The standard InChI is InChI=1S/C23H17F3N2O2S/c24-23(25,26)16-8-4-9-17(14-16)27-20-19(18-10-5-13-31-18)21(29)28(22(20)30)12-11-15-6-2-1-3-7-15/h1-10,13-14,27H,11-12H2. The zero-order valence-electron chi connectivity index (χ0n) is 16.1. The first kappa shape index (κ1) is 20.9. The van der Waals surface area contributed by atoms with Crippen molar-refractivity contribution in [3.63, 3.8) is 0 Å². The number of carbonyl (C=O) groups is 2. The van der Waals surface area contributed by atoms with Gasteiger partial charge in [-0.3, -0.25) is 14.5 Å². The molecule has 1 aromatic heterocycles. The van der Waals surface area contributed by atoms with Gasteiger partial charge in [0.1, 0.15) is 5.70 Å². The fourth-order valence-electron chi connectivity index (χ4n) is 3.35. The minimum absolute atomic E-state index is 0.0140. The molecule has 8 heteroatoms. The van der Waals surface area contributed by atoms with Gasteiger partial charge in [-0.1, -0.05) is 42.5 Å². The second-order valence-electron chi connectivity index (χ2n) is 6.93. The van der Waals surface area contributed by atoms with E-state index in [4.69, 9.17) is 0 Å². The molecule has 0 saturated heterocycles. The van der Waals surface area contributed by atoms with Gasteiger partial charge in [-0.15, -0.1) is 11.3 Å². The van der Waals surface area contributed by atoms with Crippen LogP contribution in [0.25, 0.3) is 5.57 Å². The Morgan fingerprint density at radius 2 is 1.68 bits per heavy atom. The van der Waals surface area contributed by atoms with E-state index < -0.39 is 23.6 Å². The topological polar surface area (TPSA) is 49.4 Å². The smallest absolute Gasteiger partial charge is 0.350 e. The SMILES string of the molecule is O=C1C(Nc2cccc(C(F)(F)F)c2)=C(c2cccs2)C(=O)N1CCc1ccccc1. The number of imide groups is 1. The van der Waals surface area contributed by atoms with Gasteiger partial charge in [0.05, 0.1) is 11.1 Å². The monoisotopic (exact) mass is 442 g/mol. The molecule has 0 aliphatic carbocycles. The van der Waals surface area contributed by atoms with E-state index in [1.807, 2.05) is 30.3 Å². The number of halogens is 3. The van der Waals surface area contributed by atoms with E-state index in [1.54, 1.807) is 17.5 Å². The molecule has 4 rings (SSSR count). The predicted molar refractivity (Wildman–Crippen MR) is 113 cm³/mol. The lowest BCUT2D eigenvalue weighted by atomic mass is 10.1.